The Bertz CT molecular complexity index is 418. The molecule has 18 heavy (non-hydrogen) atoms. The lowest BCUT2D eigenvalue weighted by Gasteiger charge is -2.24. The summed E-state index contributed by atoms with van der Waals surface area (Å²) in [6.45, 7) is 3.84. The molecule has 1 aliphatic carbocycles. The lowest BCUT2D eigenvalue weighted by Crippen LogP contribution is -2.24. The van der Waals surface area contributed by atoms with Crippen molar-refractivity contribution in [2.24, 2.45) is 0 Å². The molecule has 0 aliphatic heterocycles. The van der Waals surface area contributed by atoms with Crippen molar-refractivity contribution in [3.05, 3.63) is 18.6 Å². The zero-order chi connectivity index (χ0) is 13.0. The minimum absolute atomic E-state index is 0.356. The first-order chi connectivity index (χ1) is 8.55. The van der Waals surface area contributed by atoms with Crippen molar-refractivity contribution in [3.63, 3.8) is 0 Å². The van der Waals surface area contributed by atoms with E-state index in [1.54, 1.807) is 18.6 Å². The summed E-state index contributed by atoms with van der Waals surface area (Å²) in [7, 11) is -1.99. The van der Waals surface area contributed by atoms with Crippen molar-refractivity contribution in [1.29, 1.82) is 0 Å². The molecule has 2 unspecified atom stereocenters. The molecular weight excluding hydrogens is 245 g/mol. The Labute approximate surface area is 109 Å². The Morgan fingerprint density at radius 3 is 2.72 bits per heavy atom. The highest BCUT2D eigenvalue weighted by molar-refractivity contribution is 7.63. The Kier molecular flexibility index (Phi) is 4.39. The standard InChI is InChI=1S/C13H22N3OP/c1-18(2,17)12-6-4-3-5-11(9-12)16-13-10-14-7-8-15-13/h7-8,10-12H,3-6,9H2,1-2H3,(H,15,16). The number of hydrogen-bond acceptors (Lipinski definition) is 4. The molecule has 1 heterocycles. The van der Waals surface area contributed by atoms with Gasteiger partial charge in [0.15, 0.2) is 0 Å². The summed E-state index contributed by atoms with van der Waals surface area (Å²) in [5.41, 5.74) is 0.356. The molecule has 1 saturated carbocycles. The van der Waals surface area contributed by atoms with Crippen molar-refractivity contribution in [1.82, 2.24) is 9.97 Å². The number of anilines is 1. The first-order valence-electron chi connectivity index (χ1n) is 6.63. The quantitative estimate of drug-likeness (QED) is 0.675. The second-order valence-electron chi connectivity index (χ2n) is 5.54. The highest BCUT2D eigenvalue weighted by Gasteiger charge is 2.28. The van der Waals surface area contributed by atoms with E-state index in [9.17, 15) is 4.57 Å². The zero-order valence-electron chi connectivity index (χ0n) is 11.2. The largest absolute Gasteiger partial charge is 0.366 e. The summed E-state index contributed by atoms with van der Waals surface area (Å²) in [4.78, 5) is 8.31. The maximum Gasteiger partial charge on any atom is 0.144 e. The Morgan fingerprint density at radius 1 is 1.28 bits per heavy atom. The number of nitrogens with zero attached hydrogens (tertiary/aromatic N) is 2. The fraction of sp³-hybridized carbons (Fsp3) is 0.692. The van der Waals surface area contributed by atoms with E-state index in [1.165, 1.54) is 12.8 Å². The van der Waals surface area contributed by atoms with Gasteiger partial charge in [0.1, 0.15) is 5.82 Å². The lowest BCUT2D eigenvalue weighted by atomic mass is 10.1. The van der Waals surface area contributed by atoms with Gasteiger partial charge in [-0.15, -0.1) is 0 Å². The number of rotatable bonds is 3. The summed E-state index contributed by atoms with van der Waals surface area (Å²) in [5.74, 6) is 0.824. The van der Waals surface area contributed by atoms with Gasteiger partial charge in [0, 0.05) is 24.1 Å². The third-order valence-electron chi connectivity index (χ3n) is 3.69. The Balaban J connectivity index is 2.02. The molecular formula is C13H22N3OP. The molecule has 0 amide bonds. The van der Waals surface area contributed by atoms with Gasteiger partial charge in [0.25, 0.3) is 0 Å². The first-order valence-corrected chi connectivity index (χ1v) is 9.30. The predicted octanol–water partition coefficient (Wildman–Crippen LogP) is 3.21. The fourth-order valence-corrected chi connectivity index (χ4v) is 4.18. The third kappa shape index (κ3) is 3.81. The molecule has 1 N–H and O–H groups in total. The molecule has 4 nitrogen and oxygen atoms in total. The molecule has 0 bridgehead atoms. The van der Waals surface area contributed by atoms with E-state index in [1.807, 2.05) is 13.3 Å². The van der Waals surface area contributed by atoms with Crippen LogP contribution in [0, 0.1) is 0 Å². The summed E-state index contributed by atoms with van der Waals surface area (Å²) in [6.07, 6.45) is 10.7. The van der Waals surface area contributed by atoms with Crippen LogP contribution < -0.4 is 5.32 Å². The fourth-order valence-electron chi connectivity index (χ4n) is 2.61. The third-order valence-corrected chi connectivity index (χ3v) is 5.92. The van der Waals surface area contributed by atoms with Gasteiger partial charge >= 0.3 is 0 Å². The van der Waals surface area contributed by atoms with Crippen molar-refractivity contribution in [2.45, 2.75) is 43.8 Å². The van der Waals surface area contributed by atoms with Crippen LogP contribution in [0.25, 0.3) is 0 Å². The summed E-state index contributed by atoms with van der Waals surface area (Å²) >= 11 is 0. The SMILES string of the molecule is CP(C)(=O)C1CCCCC(Nc2cnccn2)C1. The van der Waals surface area contributed by atoms with E-state index in [0.29, 0.717) is 11.7 Å². The van der Waals surface area contributed by atoms with E-state index in [2.05, 4.69) is 15.3 Å². The van der Waals surface area contributed by atoms with Crippen LogP contribution in [0.15, 0.2) is 18.6 Å². The van der Waals surface area contributed by atoms with Gasteiger partial charge in [-0.1, -0.05) is 12.8 Å². The number of aromatic nitrogens is 2. The van der Waals surface area contributed by atoms with Crippen molar-refractivity contribution >= 4 is 13.0 Å². The molecule has 2 atom stereocenters. The van der Waals surface area contributed by atoms with Gasteiger partial charge in [-0.3, -0.25) is 4.98 Å². The second kappa shape index (κ2) is 5.83. The van der Waals surface area contributed by atoms with Crippen LogP contribution in [-0.2, 0) is 4.57 Å². The van der Waals surface area contributed by atoms with E-state index < -0.39 is 7.14 Å². The maximum absolute atomic E-state index is 12.3. The van der Waals surface area contributed by atoms with Crippen LogP contribution in [0.5, 0.6) is 0 Å². The topological polar surface area (TPSA) is 54.9 Å². The summed E-state index contributed by atoms with van der Waals surface area (Å²) < 4.78 is 12.3. The molecule has 1 fully saturated rings. The van der Waals surface area contributed by atoms with Crippen LogP contribution in [0.4, 0.5) is 5.82 Å². The van der Waals surface area contributed by atoms with E-state index in [-0.39, 0.29) is 0 Å². The van der Waals surface area contributed by atoms with Crippen molar-refractivity contribution < 1.29 is 4.57 Å². The van der Waals surface area contributed by atoms with Crippen LogP contribution in [0.2, 0.25) is 0 Å². The van der Waals surface area contributed by atoms with Gasteiger partial charge < -0.3 is 9.88 Å². The van der Waals surface area contributed by atoms with Gasteiger partial charge in [0.05, 0.1) is 13.3 Å². The normalized spacial score (nSPS) is 25.4. The molecule has 0 spiro atoms. The average molecular weight is 267 g/mol. The van der Waals surface area contributed by atoms with Crippen LogP contribution >= 0.6 is 7.14 Å². The zero-order valence-corrected chi connectivity index (χ0v) is 12.1. The monoisotopic (exact) mass is 267 g/mol. The van der Waals surface area contributed by atoms with Crippen LogP contribution in [-0.4, -0.2) is 35.0 Å². The average Bonchev–Trinajstić information content (AvgIpc) is 2.55. The summed E-state index contributed by atoms with van der Waals surface area (Å²) in [5, 5.41) is 3.43. The van der Waals surface area contributed by atoms with Crippen molar-refractivity contribution in [2.75, 3.05) is 18.6 Å². The smallest absolute Gasteiger partial charge is 0.144 e. The second-order valence-corrected chi connectivity index (χ2v) is 9.14. The minimum Gasteiger partial charge on any atom is -0.366 e. The van der Waals surface area contributed by atoms with Crippen molar-refractivity contribution in [3.8, 4) is 0 Å². The Hall–Kier alpha value is -0.890. The molecule has 0 radical (unpaired) electrons. The molecule has 2 rings (SSSR count). The number of nitrogens with one attached hydrogen (secondary N) is 1. The molecule has 5 heteroatoms. The molecule has 1 aromatic heterocycles. The molecule has 100 valence electrons. The van der Waals surface area contributed by atoms with Gasteiger partial charge in [-0.2, -0.15) is 0 Å². The van der Waals surface area contributed by atoms with E-state index in [0.717, 1.165) is 25.1 Å². The molecule has 1 aromatic rings. The molecule has 0 saturated heterocycles. The highest BCUT2D eigenvalue weighted by atomic mass is 31.2. The lowest BCUT2D eigenvalue weighted by molar-refractivity contribution is 0.553. The predicted molar refractivity (Wildman–Crippen MR) is 75.8 cm³/mol. The van der Waals surface area contributed by atoms with Gasteiger partial charge in [-0.05, 0) is 32.6 Å². The number of hydrogen-bond donors (Lipinski definition) is 1. The van der Waals surface area contributed by atoms with E-state index in [4.69, 9.17) is 0 Å². The molecule has 1 aliphatic rings. The maximum atomic E-state index is 12.3. The molecule has 0 aromatic carbocycles. The summed E-state index contributed by atoms with van der Waals surface area (Å²) in [6, 6.07) is 0.377. The van der Waals surface area contributed by atoms with Crippen LogP contribution in [0.3, 0.4) is 0 Å². The van der Waals surface area contributed by atoms with Gasteiger partial charge in [-0.25, -0.2) is 4.98 Å². The van der Waals surface area contributed by atoms with Gasteiger partial charge in [0.2, 0.25) is 0 Å². The minimum atomic E-state index is -1.99. The first kappa shape index (κ1) is 13.5. The van der Waals surface area contributed by atoms with Crippen LogP contribution in [0.1, 0.15) is 32.1 Å². The Morgan fingerprint density at radius 2 is 2.06 bits per heavy atom. The van der Waals surface area contributed by atoms with E-state index >= 15 is 0 Å². The highest BCUT2D eigenvalue weighted by Crippen LogP contribution is 2.48.